The molecule has 0 radical (unpaired) electrons. The number of Topliss-reactive ketones (excluding diaryl/α,β-unsaturated/α-hetero) is 2. The van der Waals surface area contributed by atoms with Gasteiger partial charge in [-0.15, -0.1) is 0 Å². The molecule has 0 aromatic carbocycles. The lowest BCUT2D eigenvalue weighted by atomic mass is 9.43. The summed E-state index contributed by atoms with van der Waals surface area (Å²) in [4.78, 5) is 82.3. The van der Waals surface area contributed by atoms with Crippen molar-refractivity contribution >= 4 is 35.1 Å². The fraction of sp³-hybridized carbons (Fsp3) is 0.650. The van der Waals surface area contributed by atoms with Gasteiger partial charge in [0.25, 0.3) is 6.04 Å². The topological polar surface area (TPSA) is 130 Å². The van der Waals surface area contributed by atoms with Gasteiger partial charge in [-0.25, -0.2) is 11.4 Å². The number of nitrogens with zero attached hydrogens (tertiary/aromatic N) is 2. The van der Waals surface area contributed by atoms with Crippen molar-refractivity contribution in [1.82, 2.24) is 0 Å². The maximum absolute atomic E-state index is 12.8. The molecule has 1 unspecified atom stereocenters. The number of esters is 2. The molecular formula is C40H48N2O8. The van der Waals surface area contributed by atoms with E-state index in [9.17, 15) is 28.8 Å². The average molecular weight is 685 g/mol. The van der Waals surface area contributed by atoms with Gasteiger partial charge in [0.15, 0.2) is 17.3 Å². The second-order valence-corrected chi connectivity index (χ2v) is 16.7. The molecule has 0 aromatic heterocycles. The molecule has 0 saturated heterocycles. The van der Waals surface area contributed by atoms with Crippen molar-refractivity contribution in [2.45, 2.75) is 105 Å². The molecule has 3 saturated carbocycles. The Morgan fingerprint density at radius 1 is 0.740 bits per heavy atom. The van der Waals surface area contributed by atoms with Crippen LogP contribution in [0.5, 0.6) is 0 Å². The lowest BCUT2D eigenvalue weighted by molar-refractivity contribution is -0.159. The molecule has 7 atom stereocenters. The summed E-state index contributed by atoms with van der Waals surface area (Å²) in [6.45, 7) is 26.4. The second-order valence-electron chi connectivity index (χ2n) is 16.7. The fourth-order valence-electron chi connectivity index (χ4n) is 11.2. The van der Waals surface area contributed by atoms with Crippen LogP contribution in [0.15, 0.2) is 35.1 Å². The number of allylic oxidation sites excluding steroid dienone is 4. The van der Waals surface area contributed by atoms with Crippen molar-refractivity contribution in [1.29, 1.82) is 0 Å². The summed E-state index contributed by atoms with van der Waals surface area (Å²) in [5, 5.41) is 0. The van der Waals surface area contributed by atoms with Crippen LogP contribution in [0.1, 0.15) is 99.3 Å². The van der Waals surface area contributed by atoms with E-state index in [2.05, 4.69) is 9.69 Å². The first-order valence-corrected chi connectivity index (χ1v) is 17.5. The molecule has 0 bridgehead atoms. The van der Waals surface area contributed by atoms with E-state index in [-0.39, 0.29) is 52.6 Å². The number of ether oxygens (including phenoxy) is 2. The third-order valence-electron chi connectivity index (χ3n) is 13.6. The van der Waals surface area contributed by atoms with Crippen LogP contribution >= 0.6 is 0 Å². The van der Waals surface area contributed by atoms with Gasteiger partial charge in [-0.2, -0.15) is 0 Å². The third kappa shape index (κ3) is 5.08. The Bertz CT molecular complexity index is 1770. The van der Waals surface area contributed by atoms with Crippen LogP contribution in [0.2, 0.25) is 0 Å². The van der Waals surface area contributed by atoms with Crippen LogP contribution in [0.25, 0.3) is 9.69 Å². The zero-order chi connectivity index (χ0) is 37.2. The van der Waals surface area contributed by atoms with Crippen molar-refractivity contribution in [3.63, 3.8) is 0 Å². The number of ketones is 4. The predicted molar refractivity (Wildman–Crippen MR) is 182 cm³/mol. The van der Waals surface area contributed by atoms with Crippen LogP contribution in [0.3, 0.4) is 0 Å². The highest BCUT2D eigenvalue weighted by molar-refractivity contribution is 6.03. The van der Waals surface area contributed by atoms with E-state index in [4.69, 9.17) is 22.6 Å². The van der Waals surface area contributed by atoms with E-state index in [0.29, 0.717) is 51.4 Å². The molecular weight excluding hydrogens is 636 g/mol. The molecule has 0 spiro atoms. The van der Waals surface area contributed by atoms with Gasteiger partial charge in [0.1, 0.15) is 0 Å². The van der Waals surface area contributed by atoms with Gasteiger partial charge in [-0.05, 0) is 73.7 Å². The van der Waals surface area contributed by atoms with Crippen LogP contribution in [-0.4, -0.2) is 55.3 Å². The Labute approximate surface area is 294 Å². The van der Waals surface area contributed by atoms with E-state index >= 15 is 0 Å². The summed E-state index contributed by atoms with van der Waals surface area (Å²) in [7, 11) is 2.75. The monoisotopic (exact) mass is 684 g/mol. The minimum atomic E-state index is -0.825. The molecule has 10 heteroatoms. The first-order chi connectivity index (χ1) is 23.3. The van der Waals surface area contributed by atoms with Gasteiger partial charge in [0, 0.05) is 40.9 Å². The van der Waals surface area contributed by atoms with E-state index in [1.165, 1.54) is 14.2 Å². The SMILES string of the molecule is [C-]#[N+]C1=C[C@]2(C)C3=CC(=O)CC[C@]3(C(=O)OC)CC[C@H]2C(C)(C)C1=O.[C-]#[N+]C1C[C@]2(C)C3=CC(=O)CC[C@]3(C(=O)OC)CC[C@H]2C(C)(C)C1=O. The Morgan fingerprint density at radius 3 is 1.74 bits per heavy atom. The minimum absolute atomic E-state index is 0.0103. The summed E-state index contributed by atoms with van der Waals surface area (Å²) in [6, 6.07) is -0.720. The number of rotatable bonds is 2. The van der Waals surface area contributed by atoms with Crippen molar-refractivity contribution in [3.05, 3.63) is 57.9 Å². The number of methoxy groups -OCH3 is 2. The Hall–Kier alpha value is -4.18. The first kappa shape index (κ1) is 37.1. The maximum atomic E-state index is 12.8. The molecule has 0 amide bonds. The summed E-state index contributed by atoms with van der Waals surface area (Å²) < 4.78 is 10.2. The number of fused-ring (bicyclic) bond motifs is 6. The number of carbonyl (C=O) groups excluding carboxylic acids is 6. The van der Waals surface area contributed by atoms with Crippen molar-refractivity contribution < 1.29 is 38.2 Å². The van der Waals surface area contributed by atoms with Crippen LogP contribution in [0, 0.1) is 57.5 Å². The first-order valence-electron chi connectivity index (χ1n) is 17.5. The highest BCUT2D eigenvalue weighted by Crippen LogP contribution is 2.66. The van der Waals surface area contributed by atoms with Gasteiger partial charge in [0.2, 0.25) is 11.5 Å². The van der Waals surface area contributed by atoms with Crippen molar-refractivity contribution in [2.75, 3.05) is 14.2 Å². The van der Waals surface area contributed by atoms with Gasteiger partial charge >= 0.3 is 11.9 Å². The molecule has 0 N–H and O–H groups in total. The molecule has 0 aromatic rings. The minimum Gasteiger partial charge on any atom is -0.468 e. The zero-order valence-electron chi connectivity index (χ0n) is 30.5. The van der Waals surface area contributed by atoms with E-state index in [1.807, 2.05) is 41.5 Å². The second kappa shape index (κ2) is 12.2. The highest BCUT2D eigenvalue weighted by Gasteiger charge is 2.66. The predicted octanol–water partition coefficient (Wildman–Crippen LogP) is 6.40. The molecule has 10 nitrogen and oxygen atoms in total. The van der Waals surface area contributed by atoms with Crippen molar-refractivity contribution in [2.24, 2.45) is 44.3 Å². The maximum Gasteiger partial charge on any atom is 0.315 e. The molecule has 3 fully saturated rings. The van der Waals surface area contributed by atoms with Gasteiger partial charge < -0.3 is 19.1 Å². The largest absolute Gasteiger partial charge is 0.468 e. The van der Waals surface area contributed by atoms with Gasteiger partial charge in [0.05, 0.1) is 31.6 Å². The number of carbonyl (C=O) groups is 6. The van der Waals surface area contributed by atoms with Crippen LogP contribution < -0.4 is 0 Å². The summed E-state index contributed by atoms with van der Waals surface area (Å²) in [6.07, 6.45) is 9.39. The summed E-state index contributed by atoms with van der Waals surface area (Å²) >= 11 is 0. The normalized spacial score (nSPS) is 38.0. The van der Waals surface area contributed by atoms with Gasteiger partial charge in [-0.1, -0.05) is 47.6 Å². The molecule has 6 aliphatic carbocycles. The number of hydrogen-bond acceptors (Lipinski definition) is 8. The Balaban J connectivity index is 0.000000194. The van der Waals surface area contributed by atoms with E-state index in [0.717, 1.165) is 17.6 Å². The molecule has 266 valence electrons. The quantitative estimate of drug-likeness (QED) is 0.241. The lowest BCUT2D eigenvalue weighted by Crippen LogP contribution is -2.60. The Morgan fingerprint density at radius 2 is 1.24 bits per heavy atom. The zero-order valence-corrected chi connectivity index (χ0v) is 30.5. The standard InChI is InChI=1S/C20H25NO4.C20H23NO4/c2*1-18(2)14-7-9-20(17(24)25-5)8-6-12(22)10-15(20)19(14,3)11-13(21-4)16(18)23/h10,13-14H,6-9,11H2,1-3,5H3;10-11,14H,6-9H2,1-3,5H3/t13?,14-,19-,20-;14-,19-,20-/m00/s1. The molecule has 0 heterocycles. The summed E-state index contributed by atoms with van der Waals surface area (Å²) in [5.41, 5.74) is -2.54. The fourth-order valence-corrected chi connectivity index (χ4v) is 11.2. The summed E-state index contributed by atoms with van der Waals surface area (Å²) in [5.74, 6) is -0.822. The van der Waals surface area contributed by atoms with Gasteiger partial charge in [-0.3, -0.25) is 24.0 Å². The lowest BCUT2D eigenvalue weighted by Gasteiger charge is -2.58. The van der Waals surface area contributed by atoms with Crippen molar-refractivity contribution in [3.8, 4) is 0 Å². The molecule has 6 rings (SSSR count). The average Bonchev–Trinajstić information content (AvgIpc) is 3.08. The van der Waals surface area contributed by atoms with Crippen LogP contribution in [0.4, 0.5) is 0 Å². The smallest absolute Gasteiger partial charge is 0.315 e. The van der Waals surface area contributed by atoms with E-state index in [1.54, 1.807) is 18.2 Å². The van der Waals surface area contributed by atoms with Crippen LogP contribution in [-0.2, 0) is 38.2 Å². The molecule has 0 aliphatic heterocycles. The third-order valence-corrected chi connectivity index (χ3v) is 13.6. The number of hydrogen-bond donors (Lipinski definition) is 0. The molecule has 6 aliphatic rings. The molecule has 50 heavy (non-hydrogen) atoms. The highest BCUT2D eigenvalue weighted by atomic mass is 16.5. The van der Waals surface area contributed by atoms with E-state index < -0.39 is 38.5 Å². The Kier molecular flexibility index (Phi) is 9.09.